The third-order valence-corrected chi connectivity index (χ3v) is 3.17. The molecule has 0 aromatic carbocycles. The van der Waals surface area contributed by atoms with Crippen LogP contribution in [0.1, 0.15) is 23.0 Å². The zero-order valence-corrected chi connectivity index (χ0v) is 11.9. The molecule has 1 aromatic heterocycles. The number of amides is 1. The highest BCUT2D eigenvalue weighted by Crippen LogP contribution is 2.37. The Balaban J connectivity index is 3.17. The molecule has 5 nitrogen and oxygen atoms in total. The maximum Gasteiger partial charge on any atom is 0.408 e. The van der Waals surface area contributed by atoms with Crippen molar-refractivity contribution in [3.8, 4) is 0 Å². The molecule has 1 aromatic rings. The standard InChI is InChI=1S/C11H10ClF5N2O3/c1-4(11(15,16)17)18-9(22)10(13,14)5-3-19(2)7(6(5)12)8(20)21/h3-4H,1-2H3,(H,18,22)(H,20,21). The second kappa shape index (κ2) is 5.75. The summed E-state index contributed by atoms with van der Waals surface area (Å²) in [6, 6.07) is -2.51. The van der Waals surface area contributed by atoms with Crippen molar-refractivity contribution in [2.75, 3.05) is 0 Å². The van der Waals surface area contributed by atoms with Crippen molar-refractivity contribution in [3.05, 3.63) is 22.5 Å². The lowest BCUT2D eigenvalue weighted by atomic mass is 10.1. The highest BCUT2D eigenvalue weighted by atomic mass is 35.5. The fourth-order valence-electron chi connectivity index (χ4n) is 1.55. The van der Waals surface area contributed by atoms with Crippen LogP contribution in [-0.4, -0.2) is 33.8 Å². The van der Waals surface area contributed by atoms with Crippen LogP contribution in [0.15, 0.2) is 6.20 Å². The summed E-state index contributed by atoms with van der Waals surface area (Å²) in [4.78, 5) is 22.3. The predicted octanol–water partition coefficient (Wildman–Crippen LogP) is 2.54. The van der Waals surface area contributed by atoms with Gasteiger partial charge in [-0.2, -0.15) is 22.0 Å². The molecule has 0 radical (unpaired) electrons. The maximum atomic E-state index is 13.9. The molecule has 0 saturated carbocycles. The molecule has 0 aliphatic heterocycles. The minimum absolute atomic E-state index is 0.489. The van der Waals surface area contributed by atoms with Gasteiger partial charge in [0.15, 0.2) is 0 Å². The van der Waals surface area contributed by atoms with Crippen molar-refractivity contribution < 1.29 is 36.6 Å². The molecule has 124 valence electrons. The van der Waals surface area contributed by atoms with E-state index in [0.29, 0.717) is 13.1 Å². The zero-order chi connectivity index (χ0) is 17.5. The number of aromatic carboxylic acids is 1. The highest BCUT2D eigenvalue weighted by Gasteiger charge is 2.48. The Hall–Kier alpha value is -1.84. The number of rotatable bonds is 4. The third kappa shape index (κ3) is 3.32. The molecule has 0 aliphatic rings. The third-order valence-electron chi connectivity index (χ3n) is 2.78. The fraction of sp³-hybridized carbons (Fsp3) is 0.455. The van der Waals surface area contributed by atoms with Gasteiger partial charge in [-0.1, -0.05) is 11.6 Å². The topological polar surface area (TPSA) is 71.3 Å². The van der Waals surface area contributed by atoms with Crippen molar-refractivity contribution in [1.82, 2.24) is 9.88 Å². The van der Waals surface area contributed by atoms with E-state index in [1.54, 1.807) is 0 Å². The molecule has 11 heteroatoms. The number of alkyl halides is 5. The highest BCUT2D eigenvalue weighted by molar-refractivity contribution is 6.34. The molecular formula is C11H10ClF5N2O3. The van der Waals surface area contributed by atoms with Gasteiger partial charge in [0.1, 0.15) is 11.7 Å². The largest absolute Gasteiger partial charge is 0.477 e. The first-order valence-electron chi connectivity index (χ1n) is 5.64. The van der Waals surface area contributed by atoms with E-state index in [1.807, 2.05) is 0 Å². The van der Waals surface area contributed by atoms with Gasteiger partial charge in [0, 0.05) is 13.2 Å². The first kappa shape index (κ1) is 18.2. The van der Waals surface area contributed by atoms with E-state index >= 15 is 0 Å². The van der Waals surface area contributed by atoms with Crippen molar-refractivity contribution in [2.45, 2.75) is 25.1 Å². The molecular weight excluding hydrogens is 339 g/mol. The lowest BCUT2D eigenvalue weighted by Crippen LogP contribution is -2.48. The molecule has 1 rings (SSSR count). The number of carboxylic acid groups (broad SMARTS) is 1. The molecule has 0 aliphatic carbocycles. The Morgan fingerprint density at radius 1 is 1.32 bits per heavy atom. The Bertz CT molecular complexity index is 612. The summed E-state index contributed by atoms with van der Waals surface area (Å²) in [6.45, 7) is 0.489. The van der Waals surface area contributed by atoms with E-state index < -0.39 is 46.3 Å². The van der Waals surface area contributed by atoms with Crippen molar-refractivity contribution >= 4 is 23.5 Å². The SMILES string of the molecule is CC(NC(=O)C(F)(F)c1cn(C)c(C(=O)O)c1Cl)C(F)(F)F. The van der Waals surface area contributed by atoms with Crippen LogP contribution in [0.2, 0.25) is 5.02 Å². The molecule has 0 spiro atoms. The van der Waals surface area contributed by atoms with Gasteiger partial charge in [-0.05, 0) is 6.92 Å². The minimum Gasteiger partial charge on any atom is -0.477 e. The average Bonchev–Trinajstić information content (AvgIpc) is 2.63. The van der Waals surface area contributed by atoms with Crippen LogP contribution in [0.5, 0.6) is 0 Å². The molecule has 0 fully saturated rings. The van der Waals surface area contributed by atoms with Crippen LogP contribution in [0.3, 0.4) is 0 Å². The number of aryl methyl sites for hydroxylation is 1. The number of hydrogen-bond donors (Lipinski definition) is 2. The second-order valence-corrected chi connectivity index (χ2v) is 4.81. The Labute approximate surface area is 125 Å². The van der Waals surface area contributed by atoms with Crippen LogP contribution in [0.25, 0.3) is 0 Å². The van der Waals surface area contributed by atoms with Gasteiger partial charge in [0.05, 0.1) is 10.6 Å². The summed E-state index contributed by atoms with van der Waals surface area (Å²) in [7, 11) is 1.09. The summed E-state index contributed by atoms with van der Waals surface area (Å²) < 4.78 is 65.5. The summed E-state index contributed by atoms with van der Waals surface area (Å²) in [5.74, 6) is -8.29. The molecule has 1 unspecified atom stereocenters. The molecule has 1 atom stereocenters. The number of nitrogens with one attached hydrogen (secondary N) is 1. The number of carbonyl (C=O) groups is 2. The monoisotopic (exact) mass is 348 g/mol. The molecule has 0 saturated heterocycles. The number of nitrogens with zero attached hydrogens (tertiary/aromatic N) is 1. The van der Waals surface area contributed by atoms with Gasteiger partial charge in [-0.3, -0.25) is 4.79 Å². The van der Waals surface area contributed by atoms with Crippen molar-refractivity contribution in [3.63, 3.8) is 0 Å². The van der Waals surface area contributed by atoms with E-state index in [4.69, 9.17) is 16.7 Å². The predicted molar refractivity (Wildman–Crippen MR) is 64.9 cm³/mol. The molecule has 2 N–H and O–H groups in total. The summed E-state index contributed by atoms with van der Waals surface area (Å²) in [6.07, 6.45) is -4.33. The Morgan fingerprint density at radius 3 is 2.18 bits per heavy atom. The van der Waals surface area contributed by atoms with Crippen LogP contribution < -0.4 is 5.32 Å². The van der Waals surface area contributed by atoms with Gasteiger partial charge < -0.3 is 15.0 Å². The van der Waals surface area contributed by atoms with Gasteiger partial charge >= 0.3 is 18.1 Å². The van der Waals surface area contributed by atoms with Gasteiger partial charge in [-0.25, -0.2) is 4.79 Å². The minimum atomic E-state index is -4.90. The first-order chi connectivity index (χ1) is 9.80. The van der Waals surface area contributed by atoms with Crippen molar-refractivity contribution in [1.29, 1.82) is 0 Å². The van der Waals surface area contributed by atoms with Gasteiger partial charge in [-0.15, -0.1) is 0 Å². The van der Waals surface area contributed by atoms with E-state index in [9.17, 15) is 31.5 Å². The quantitative estimate of drug-likeness (QED) is 0.821. The molecule has 1 heterocycles. The summed E-state index contributed by atoms with van der Waals surface area (Å²) in [5, 5.41) is 9.01. The van der Waals surface area contributed by atoms with Gasteiger partial charge in [0.25, 0.3) is 5.91 Å². The second-order valence-electron chi connectivity index (χ2n) is 4.43. The molecule has 0 bridgehead atoms. The number of carboxylic acids is 1. The number of halogens is 6. The number of aromatic nitrogens is 1. The molecule has 22 heavy (non-hydrogen) atoms. The van der Waals surface area contributed by atoms with Crippen LogP contribution in [0.4, 0.5) is 22.0 Å². The van der Waals surface area contributed by atoms with Crippen LogP contribution in [0, 0.1) is 0 Å². The van der Waals surface area contributed by atoms with Crippen LogP contribution >= 0.6 is 11.6 Å². The number of hydrogen-bond acceptors (Lipinski definition) is 2. The fourth-order valence-corrected chi connectivity index (χ4v) is 1.93. The lowest BCUT2D eigenvalue weighted by molar-refractivity contribution is -0.169. The van der Waals surface area contributed by atoms with Gasteiger partial charge in [0.2, 0.25) is 0 Å². The van der Waals surface area contributed by atoms with E-state index in [0.717, 1.165) is 16.9 Å². The zero-order valence-electron chi connectivity index (χ0n) is 11.1. The van der Waals surface area contributed by atoms with Crippen molar-refractivity contribution in [2.24, 2.45) is 7.05 Å². The number of carbonyl (C=O) groups excluding carboxylic acids is 1. The average molecular weight is 349 g/mol. The first-order valence-corrected chi connectivity index (χ1v) is 6.02. The van der Waals surface area contributed by atoms with E-state index in [1.165, 1.54) is 0 Å². The Kier molecular flexibility index (Phi) is 4.76. The van der Waals surface area contributed by atoms with E-state index in [2.05, 4.69) is 0 Å². The van der Waals surface area contributed by atoms with Crippen LogP contribution in [-0.2, 0) is 17.8 Å². The smallest absolute Gasteiger partial charge is 0.408 e. The maximum absolute atomic E-state index is 13.9. The summed E-state index contributed by atoms with van der Waals surface area (Å²) >= 11 is 5.50. The van der Waals surface area contributed by atoms with E-state index in [-0.39, 0.29) is 0 Å². The Morgan fingerprint density at radius 2 is 1.82 bits per heavy atom. The molecule has 1 amide bonds. The normalized spacial score (nSPS) is 13.8. The lowest BCUT2D eigenvalue weighted by Gasteiger charge is -2.21. The summed E-state index contributed by atoms with van der Waals surface area (Å²) in [5.41, 5.74) is -1.91.